The molecule has 1 aliphatic rings. The lowest BCUT2D eigenvalue weighted by molar-refractivity contribution is -0.117. The van der Waals surface area contributed by atoms with E-state index in [0.29, 0.717) is 13.2 Å². The molecule has 18 heavy (non-hydrogen) atoms. The molecule has 0 radical (unpaired) electrons. The van der Waals surface area contributed by atoms with Crippen LogP contribution in [0.15, 0.2) is 22.7 Å². The van der Waals surface area contributed by atoms with Crippen molar-refractivity contribution < 1.29 is 13.9 Å². The number of ether oxygens (including phenoxy) is 1. The number of morpholine rings is 1. The van der Waals surface area contributed by atoms with E-state index in [9.17, 15) is 9.18 Å². The Morgan fingerprint density at radius 1 is 1.61 bits per heavy atom. The summed E-state index contributed by atoms with van der Waals surface area (Å²) in [4.78, 5) is 11.8. The van der Waals surface area contributed by atoms with Crippen LogP contribution in [0.1, 0.15) is 6.42 Å². The molecule has 1 unspecified atom stereocenters. The molecule has 0 saturated carbocycles. The molecule has 1 aliphatic heterocycles. The Hall–Kier alpha value is -0.980. The standard InChI is InChI=1S/C12H14BrFN2O2/c13-8-1-2-10(14)11(5-8)16-12(17)6-9-7-18-4-3-15-9/h1-2,5,9,15H,3-4,6-7H2,(H,16,17). The first-order valence-electron chi connectivity index (χ1n) is 5.71. The van der Waals surface area contributed by atoms with Gasteiger partial charge in [0.15, 0.2) is 0 Å². The van der Waals surface area contributed by atoms with Crippen molar-refractivity contribution in [3.63, 3.8) is 0 Å². The molecule has 4 nitrogen and oxygen atoms in total. The van der Waals surface area contributed by atoms with Crippen LogP contribution in [0.2, 0.25) is 0 Å². The third-order valence-electron chi connectivity index (χ3n) is 2.63. The van der Waals surface area contributed by atoms with Crippen LogP contribution >= 0.6 is 15.9 Å². The highest BCUT2D eigenvalue weighted by molar-refractivity contribution is 9.10. The Kier molecular flexibility index (Phi) is 4.68. The number of carbonyl (C=O) groups is 1. The molecule has 1 aromatic carbocycles. The van der Waals surface area contributed by atoms with E-state index in [-0.39, 0.29) is 24.1 Å². The van der Waals surface area contributed by atoms with Crippen molar-refractivity contribution in [1.82, 2.24) is 5.32 Å². The van der Waals surface area contributed by atoms with Gasteiger partial charge in [-0.2, -0.15) is 0 Å². The molecular formula is C12H14BrFN2O2. The van der Waals surface area contributed by atoms with Crippen LogP contribution in [-0.2, 0) is 9.53 Å². The molecule has 98 valence electrons. The SMILES string of the molecule is O=C(CC1COCCN1)Nc1cc(Br)ccc1F. The molecule has 1 heterocycles. The summed E-state index contributed by atoms with van der Waals surface area (Å²) in [6.07, 6.45) is 0.270. The Bertz CT molecular complexity index is 436. The lowest BCUT2D eigenvalue weighted by Crippen LogP contribution is -2.43. The van der Waals surface area contributed by atoms with Crippen LogP contribution in [-0.4, -0.2) is 31.7 Å². The fraction of sp³-hybridized carbons (Fsp3) is 0.417. The minimum atomic E-state index is -0.445. The van der Waals surface area contributed by atoms with Crippen LogP contribution in [0.4, 0.5) is 10.1 Å². The summed E-state index contributed by atoms with van der Waals surface area (Å²) in [6, 6.07) is 4.43. The number of hydrogen-bond donors (Lipinski definition) is 2. The zero-order valence-corrected chi connectivity index (χ0v) is 11.3. The summed E-state index contributed by atoms with van der Waals surface area (Å²) in [7, 11) is 0. The zero-order chi connectivity index (χ0) is 13.0. The first-order chi connectivity index (χ1) is 8.65. The van der Waals surface area contributed by atoms with Gasteiger partial charge in [-0.15, -0.1) is 0 Å². The van der Waals surface area contributed by atoms with Crippen molar-refractivity contribution in [2.75, 3.05) is 25.1 Å². The number of halogens is 2. The maximum Gasteiger partial charge on any atom is 0.226 e. The van der Waals surface area contributed by atoms with Gasteiger partial charge in [0.2, 0.25) is 5.91 Å². The van der Waals surface area contributed by atoms with E-state index in [1.807, 2.05) is 0 Å². The molecule has 0 spiro atoms. The number of benzene rings is 1. The Labute approximate surface area is 113 Å². The van der Waals surface area contributed by atoms with Gasteiger partial charge >= 0.3 is 0 Å². The summed E-state index contributed by atoms with van der Waals surface area (Å²) in [5, 5.41) is 5.73. The summed E-state index contributed by atoms with van der Waals surface area (Å²) in [6.45, 7) is 1.91. The first kappa shape index (κ1) is 13.5. The normalized spacial score (nSPS) is 19.6. The summed E-state index contributed by atoms with van der Waals surface area (Å²) >= 11 is 3.23. The fourth-order valence-electron chi connectivity index (χ4n) is 1.77. The number of rotatable bonds is 3. The molecule has 1 aromatic rings. The second-order valence-electron chi connectivity index (χ2n) is 4.10. The molecule has 2 rings (SSSR count). The van der Waals surface area contributed by atoms with Gasteiger partial charge in [0.25, 0.3) is 0 Å². The molecule has 1 fully saturated rings. The Morgan fingerprint density at radius 3 is 3.17 bits per heavy atom. The van der Waals surface area contributed by atoms with Crippen LogP contribution in [0, 0.1) is 5.82 Å². The van der Waals surface area contributed by atoms with Crippen molar-refractivity contribution in [1.29, 1.82) is 0 Å². The van der Waals surface area contributed by atoms with Crippen LogP contribution in [0.25, 0.3) is 0 Å². The van der Waals surface area contributed by atoms with Gasteiger partial charge in [0, 0.05) is 23.5 Å². The van der Waals surface area contributed by atoms with Gasteiger partial charge in [-0.25, -0.2) is 4.39 Å². The molecule has 0 aromatic heterocycles. The Morgan fingerprint density at radius 2 is 2.44 bits per heavy atom. The predicted molar refractivity (Wildman–Crippen MR) is 70.0 cm³/mol. The highest BCUT2D eigenvalue weighted by Crippen LogP contribution is 2.20. The van der Waals surface area contributed by atoms with E-state index < -0.39 is 5.82 Å². The molecule has 2 N–H and O–H groups in total. The van der Waals surface area contributed by atoms with Gasteiger partial charge in [-0.1, -0.05) is 15.9 Å². The quantitative estimate of drug-likeness (QED) is 0.895. The number of nitrogens with one attached hydrogen (secondary N) is 2. The van der Waals surface area contributed by atoms with E-state index in [1.54, 1.807) is 6.07 Å². The van der Waals surface area contributed by atoms with Crippen molar-refractivity contribution >= 4 is 27.5 Å². The van der Waals surface area contributed by atoms with Crippen molar-refractivity contribution in [3.8, 4) is 0 Å². The molecule has 0 aliphatic carbocycles. The first-order valence-corrected chi connectivity index (χ1v) is 6.50. The van der Waals surface area contributed by atoms with Crippen molar-refractivity contribution in [2.24, 2.45) is 0 Å². The highest BCUT2D eigenvalue weighted by atomic mass is 79.9. The molecular weight excluding hydrogens is 303 g/mol. The topological polar surface area (TPSA) is 50.4 Å². The number of hydrogen-bond acceptors (Lipinski definition) is 3. The van der Waals surface area contributed by atoms with Gasteiger partial charge < -0.3 is 15.4 Å². The second-order valence-corrected chi connectivity index (χ2v) is 5.02. The fourth-order valence-corrected chi connectivity index (χ4v) is 2.13. The van der Waals surface area contributed by atoms with Gasteiger partial charge in [0.1, 0.15) is 5.82 Å². The Balaban J connectivity index is 1.92. The monoisotopic (exact) mass is 316 g/mol. The molecule has 1 amide bonds. The molecule has 1 atom stereocenters. The van der Waals surface area contributed by atoms with Crippen LogP contribution in [0.3, 0.4) is 0 Å². The van der Waals surface area contributed by atoms with Crippen molar-refractivity contribution in [2.45, 2.75) is 12.5 Å². The van der Waals surface area contributed by atoms with E-state index in [0.717, 1.165) is 11.0 Å². The van der Waals surface area contributed by atoms with Gasteiger partial charge in [0.05, 0.1) is 18.9 Å². The maximum absolute atomic E-state index is 13.4. The lowest BCUT2D eigenvalue weighted by Gasteiger charge is -2.23. The van der Waals surface area contributed by atoms with E-state index in [4.69, 9.17) is 4.74 Å². The van der Waals surface area contributed by atoms with Crippen LogP contribution < -0.4 is 10.6 Å². The summed E-state index contributed by atoms with van der Waals surface area (Å²) in [5.41, 5.74) is 0.186. The average molecular weight is 317 g/mol. The van der Waals surface area contributed by atoms with E-state index >= 15 is 0 Å². The van der Waals surface area contributed by atoms with Crippen LogP contribution in [0.5, 0.6) is 0 Å². The maximum atomic E-state index is 13.4. The van der Waals surface area contributed by atoms with E-state index in [1.165, 1.54) is 12.1 Å². The smallest absolute Gasteiger partial charge is 0.226 e. The predicted octanol–water partition coefficient (Wildman–Crippen LogP) is 1.91. The third kappa shape index (κ3) is 3.76. The minimum absolute atomic E-state index is 0.00559. The lowest BCUT2D eigenvalue weighted by atomic mass is 10.2. The highest BCUT2D eigenvalue weighted by Gasteiger charge is 2.17. The number of carbonyl (C=O) groups excluding carboxylic acids is 1. The average Bonchev–Trinajstić information content (AvgIpc) is 2.35. The minimum Gasteiger partial charge on any atom is -0.378 e. The molecule has 1 saturated heterocycles. The summed E-state index contributed by atoms with van der Waals surface area (Å²) in [5.74, 6) is -0.672. The number of amides is 1. The van der Waals surface area contributed by atoms with Gasteiger partial charge in [-0.05, 0) is 18.2 Å². The third-order valence-corrected chi connectivity index (χ3v) is 3.13. The number of anilines is 1. The largest absolute Gasteiger partial charge is 0.378 e. The zero-order valence-electron chi connectivity index (χ0n) is 9.71. The second kappa shape index (κ2) is 6.26. The molecule has 0 bridgehead atoms. The van der Waals surface area contributed by atoms with Gasteiger partial charge in [-0.3, -0.25) is 4.79 Å². The van der Waals surface area contributed by atoms with E-state index in [2.05, 4.69) is 26.6 Å². The van der Waals surface area contributed by atoms with Crippen molar-refractivity contribution in [3.05, 3.63) is 28.5 Å². The summed E-state index contributed by atoms with van der Waals surface area (Å²) < 4.78 is 19.4. The molecule has 6 heteroatoms.